The average Bonchev–Trinajstić information content (AvgIpc) is 3.23. The van der Waals surface area contributed by atoms with Gasteiger partial charge < -0.3 is 9.30 Å². The Morgan fingerprint density at radius 1 is 0.853 bits per heavy atom. The molecule has 0 N–H and O–H groups in total. The molecular weight excluding hydrogens is 420 g/mol. The molecule has 0 bridgehead atoms. The quantitative estimate of drug-likeness (QED) is 0.167. The number of nitrogens with zero attached hydrogens (tertiary/aromatic N) is 2. The van der Waals surface area contributed by atoms with Crippen molar-refractivity contribution in [2.75, 3.05) is 0 Å². The highest BCUT2D eigenvalue weighted by Gasteiger charge is 2.13. The van der Waals surface area contributed by atoms with E-state index in [-0.39, 0.29) is 0 Å². The van der Waals surface area contributed by atoms with Crippen LogP contribution < -0.4 is 4.74 Å². The van der Waals surface area contributed by atoms with Crippen LogP contribution in [-0.2, 0) is 11.3 Å². The van der Waals surface area contributed by atoms with Gasteiger partial charge in [-0.3, -0.25) is 0 Å². The summed E-state index contributed by atoms with van der Waals surface area (Å²) in [4.78, 5) is 17.1. The van der Waals surface area contributed by atoms with Gasteiger partial charge in [0.05, 0.1) is 11.0 Å². The van der Waals surface area contributed by atoms with Crippen LogP contribution in [0.25, 0.3) is 28.5 Å². The van der Waals surface area contributed by atoms with Gasteiger partial charge in [-0.15, -0.1) is 0 Å². The summed E-state index contributed by atoms with van der Waals surface area (Å²) < 4.78 is 7.70. The van der Waals surface area contributed by atoms with E-state index in [1.807, 2.05) is 79.7 Å². The number of aromatic nitrogens is 2. The number of ether oxygens (including phenoxy) is 1. The number of para-hydroxylation sites is 2. The number of esters is 1. The molecule has 0 radical (unpaired) electrons. The largest absolute Gasteiger partial charge is 0.423 e. The summed E-state index contributed by atoms with van der Waals surface area (Å²) in [5.41, 5.74) is 6.33. The van der Waals surface area contributed by atoms with Gasteiger partial charge in [-0.1, -0.05) is 72.3 Å². The van der Waals surface area contributed by atoms with E-state index in [9.17, 15) is 4.79 Å². The molecule has 4 aromatic carbocycles. The van der Waals surface area contributed by atoms with Crippen molar-refractivity contribution in [1.82, 2.24) is 9.55 Å². The van der Waals surface area contributed by atoms with Gasteiger partial charge in [0, 0.05) is 18.2 Å². The van der Waals surface area contributed by atoms with Gasteiger partial charge in [-0.2, -0.15) is 0 Å². The van der Waals surface area contributed by atoms with Crippen LogP contribution in [0.5, 0.6) is 5.75 Å². The molecule has 0 unspecified atom stereocenters. The second-order valence-electron chi connectivity index (χ2n) is 8.19. The second kappa shape index (κ2) is 9.59. The number of fused-ring (bicyclic) bond motifs is 1. The van der Waals surface area contributed by atoms with Crippen molar-refractivity contribution >= 4 is 23.1 Å². The third kappa shape index (κ3) is 4.81. The molecule has 0 fully saturated rings. The molecule has 4 heteroatoms. The maximum absolute atomic E-state index is 12.3. The van der Waals surface area contributed by atoms with Crippen molar-refractivity contribution in [2.45, 2.75) is 13.5 Å². The van der Waals surface area contributed by atoms with Crippen molar-refractivity contribution < 1.29 is 9.53 Å². The summed E-state index contributed by atoms with van der Waals surface area (Å²) >= 11 is 0. The Morgan fingerprint density at radius 3 is 2.32 bits per heavy atom. The Bertz CT molecular complexity index is 1450. The maximum Gasteiger partial charge on any atom is 0.336 e. The van der Waals surface area contributed by atoms with Gasteiger partial charge in [-0.25, -0.2) is 9.78 Å². The number of hydrogen-bond donors (Lipinski definition) is 0. The molecule has 5 aromatic rings. The summed E-state index contributed by atoms with van der Waals surface area (Å²) in [6, 6.07) is 33.9. The van der Waals surface area contributed by atoms with Gasteiger partial charge in [0.1, 0.15) is 11.6 Å². The van der Waals surface area contributed by atoms with E-state index in [0.717, 1.165) is 34.5 Å². The standard InChI is InChI=1S/C30H24N2O2/c1-22-11-13-23(14-12-22)15-20-29(33)34-26-18-16-25(17-19-26)30-31-27-9-5-6-10-28(27)32(30)21-24-7-3-2-4-8-24/h2-20H,21H2,1H3/b20-15+. The first-order valence-electron chi connectivity index (χ1n) is 11.2. The summed E-state index contributed by atoms with van der Waals surface area (Å²) in [5, 5.41) is 0. The van der Waals surface area contributed by atoms with Crippen molar-refractivity contribution in [3.8, 4) is 17.1 Å². The predicted molar refractivity (Wildman–Crippen MR) is 137 cm³/mol. The molecule has 0 aliphatic heterocycles. The molecule has 0 aliphatic rings. The monoisotopic (exact) mass is 444 g/mol. The van der Waals surface area contributed by atoms with E-state index < -0.39 is 5.97 Å². The molecule has 1 heterocycles. The summed E-state index contributed by atoms with van der Waals surface area (Å²) in [7, 11) is 0. The Balaban J connectivity index is 1.37. The number of carbonyl (C=O) groups excluding carboxylic acids is 1. The van der Waals surface area contributed by atoms with Crippen LogP contribution in [0, 0.1) is 6.92 Å². The SMILES string of the molecule is Cc1ccc(/C=C/C(=O)Oc2ccc(-c3nc4ccccc4n3Cc3ccccc3)cc2)cc1. The molecule has 0 aliphatic carbocycles. The van der Waals surface area contributed by atoms with Crippen molar-refractivity contribution in [3.63, 3.8) is 0 Å². The molecule has 4 nitrogen and oxygen atoms in total. The number of carbonyl (C=O) groups is 1. The third-order valence-electron chi connectivity index (χ3n) is 5.66. The smallest absolute Gasteiger partial charge is 0.336 e. The highest BCUT2D eigenvalue weighted by atomic mass is 16.5. The van der Waals surface area contributed by atoms with E-state index in [4.69, 9.17) is 9.72 Å². The minimum Gasteiger partial charge on any atom is -0.423 e. The minimum absolute atomic E-state index is 0.412. The molecule has 0 spiro atoms. The normalized spacial score (nSPS) is 11.2. The zero-order valence-corrected chi connectivity index (χ0v) is 18.9. The molecule has 0 saturated heterocycles. The van der Waals surface area contributed by atoms with E-state index in [1.54, 1.807) is 18.2 Å². The highest BCUT2D eigenvalue weighted by molar-refractivity contribution is 5.88. The number of hydrogen-bond acceptors (Lipinski definition) is 3. The predicted octanol–water partition coefficient (Wildman–Crippen LogP) is 6.68. The Hall–Kier alpha value is -4.44. The van der Waals surface area contributed by atoms with Gasteiger partial charge in [-0.05, 0) is 60.5 Å². The van der Waals surface area contributed by atoms with Gasteiger partial charge in [0.25, 0.3) is 0 Å². The summed E-state index contributed by atoms with van der Waals surface area (Å²) in [6.07, 6.45) is 3.19. The van der Waals surface area contributed by atoms with Crippen LogP contribution in [0.2, 0.25) is 0 Å². The first-order valence-corrected chi connectivity index (χ1v) is 11.2. The van der Waals surface area contributed by atoms with Crippen LogP contribution in [0.1, 0.15) is 16.7 Å². The Morgan fingerprint density at radius 2 is 1.56 bits per heavy atom. The Kier molecular flexibility index (Phi) is 6.04. The maximum atomic E-state index is 12.3. The van der Waals surface area contributed by atoms with E-state index in [1.165, 1.54) is 17.2 Å². The van der Waals surface area contributed by atoms with Crippen LogP contribution in [-0.4, -0.2) is 15.5 Å². The second-order valence-corrected chi connectivity index (χ2v) is 8.19. The Labute approximate surface area is 198 Å². The van der Waals surface area contributed by atoms with Gasteiger partial charge in [0.2, 0.25) is 0 Å². The van der Waals surface area contributed by atoms with Crippen LogP contribution in [0.3, 0.4) is 0 Å². The van der Waals surface area contributed by atoms with Crippen molar-refractivity contribution in [2.24, 2.45) is 0 Å². The van der Waals surface area contributed by atoms with E-state index in [2.05, 4.69) is 22.8 Å². The third-order valence-corrected chi connectivity index (χ3v) is 5.66. The number of aryl methyl sites for hydroxylation is 1. The van der Waals surface area contributed by atoms with E-state index >= 15 is 0 Å². The highest BCUT2D eigenvalue weighted by Crippen LogP contribution is 2.27. The van der Waals surface area contributed by atoms with Crippen LogP contribution >= 0.6 is 0 Å². The number of benzene rings is 4. The van der Waals surface area contributed by atoms with Crippen molar-refractivity contribution in [1.29, 1.82) is 0 Å². The zero-order valence-electron chi connectivity index (χ0n) is 18.9. The lowest BCUT2D eigenvalue weighted by Crippen LogP contribution is -2.04. The topological polar surface area (TPSA) is 44.1 Å². The number of rotatable bonds is 6. The first-order chi connectivity index (χ1) is 16.7. The fraction of sp³-hybridized carbons (Fsp3) is 0.0667. The average molecular weight is 445 g/mol. The molecule has 166 valence electrons. The molecule has 5 rings (SSSR count). The molecule has 1 aromatic heterocycles. The molecule has 34 heavy (non-hydrogen) atoms. The first kappa shape index (κ1) is 21.4. The lowest BCUT2D eigenvalue weighted by Gasteiger charge is -2.10. The van der Waals surface area contributed by atoms with Gasteiger partial charge in [0.15, 0.2) is 0 Å². The zero-order chi connectivity index (χ0) is 23.3. The minimum atomic E-state index is -0.412. The lowest BCUT2D eigenvalue weighted by molar-refractivity contribution is -0.128. The van der Waals surface area contributed by atoms with Crippen LogP contribution in [0.15, 0.2) is 109 Å². The molecular formula is C30H24N2O2. The fourth-order valence-corrected chi connectivity index (χ4v) is 3.89. The van der Waals surface area contributed by atoms with Crippen LogP contribution in [0.4, 0.5) is 0 Å². The fourth-order valence-electron chi connectivity index (χ4n) is 3.89. The van der Waals surface area contributed by atoms with E-state index in [0.29, 0.717) is 5.75 Å². The summed E-state index contributed by atoms with van der Waals surface area (Å²) in [5.74, 6) is 0.958. The lowest BCUT2D eigenvalue weighted by atomic mass is 10.1. The molecule has 0 amide bonds. The summed E-state index contributed by atoms with van der Waals surface area (Å²) in [6.45, 7) is 2.75. The molecule has 0 atom stereocenters. The number of imidazole rings is 1. The van der Waals surface area contributed by atoms with Crippen molar-refractivity contribution in [3.05, 3.63) is 126 Å². The molecule has 0 saturated carbocycles. The van der Waals surface area contributed by atoms with Gasteiger partial charge >= 0.3 is 5.97 Å².